The zero-order chi connectivity index (χ0) is 16.9. The predicted molar refractivity (Wildman–Crippen MR) is 87.8 cm³/mol. The topological polar surface area (TPSA) is 87.6 Å². The Morgan fingerprint density at radius 1 is 1.08 bits per heavy atom. The standard InChI is InChI=1S/C18H16N2O4/c1-22-14-6-8-15(9-7-14)23-11-12-2-4-13(5-3-12)16-10-17(18(19)21)24-20-16/h2-10H,11H2,1H3,(H2,19,21). The molecule has 0 unspecified atom stereocenters. The number of carbonyl (C=O) groups excluding carboxylic acids is 1. The maximum Gasteiger partial charge on any atom is 0.287 e. The van der Waals surface area contributed by atoms with Gasteiger partial charge in [-0.3, -0.25) is 4.79 Å². The number of hydrogen-bond donors (Lipinski definition) is 1. The smallest absolute Gasteiger partial charge is 0.287 e. The molecule has 0 fully saturated rings. The summed E-state index contributed by atoms with van der Waals surface area (Å²) in [5.41, 5.74) is 7.55. The molecule has 122 valence electrons. The van der Waals surface area contributed by atoms with Gasteiger partial charge in [0.05, 0.1) is 7.11 Å². The number of nitrogens with zero attached hydrogens (tertiary/aromatic N) is 1. The lowest BCUT2D eigenvalue weighted by Crippen LogP contribution is -2.09. The lowest BCUT2D eigenvalue weighted by molar-refractivity contribution is 0.0965. The van der Waals surface area contributed by atoms with Crippen LogP contribution in [-0.2, 0) is 6.61 Å². The van der Waals surface area contributed by atoms with E-state index in [0.717, 1.165) is 22.6 Å². The van der Waals surface area contributed by atoms with Crippen molar-refractivity contribution in [2.45, 2.75) is 6.61 Å². The first-order valence-electron chi connectivity index (χ1n) is 7.28. The second kappa shape index (κ2) is 6.87. The number of aromatic nitrogens is 1. The summed E-state index contributed by atoms with van der Waals surface area (Å²) in [7, 11) is 1.62. The summed E-state index contributed by atoms with van der Waals surface area (Å²) < 4.78 is 15.7. The molecule has 1 heterocycles. The quantitative estimate of drug-likeness (QED) is 0.753. The summed E-state index contributed by atoms with van der Waals surface area (Å²) in [6.45, 7) is 0.442. The van der Waals surface area contributed by atoms with Crippen LogP contribution in [0.25, 0.3) is 11.3 Å². The highest BCUT2D eigenvalue weighted by Crippen LogP contribution is 2.21. The van der Waals surface area contributed by atoms with Crippen LogP contribution in [0.1, 0.15) is 16.1 Å². The summed E-state index contributed by atoms with van der Waals surface area (Å²) >= 11 is 0. The van der Waals surface area contributed by atoms with Gasteiger partial charge in [0.25, 0.3) is 5.91 Å². The summed E-state index contributed by atoms with van der Waals surface area (Å²) in [4.78, 5) is 11.0. The van der Waals surface area contributed by atoms with E-state index < -0.39 is 5.91 Å². The molecule has 1 aromatic heterocycles. The summed E-state index contributed by atoms with van der Waals surface area (Å²) in [5.74, 6) is 0.951. The Kier molecular flexibility index (Phi) is 4.47. The van der Waals surface area contributed by atoms with E-state index in [9.17, 15) is 4.79 Å². The van der Waals surface area contributed by atoms with Crippen molar-refractivity contribution in [1.29, 1.82) is 0 Å². The molecule has 2 N–H and O–H groups in total. The van der Waals surface area contributed by atoms with Crippen LogP contribution in [0.3, 0.4) is 0 Å². The first kappa shape index (κ1) is 15.6. The minimum Gasteiger partial charge on any atom is -0.497 e. The zero-order valence-corrected chi connectivity index (χ0v) is 13.1. The van der Waals surface area contributed by atoms with Crippen LogP contribution in [-0.4, -0.2) is 18.2 Å². The van der Waals surface area contributed by atoms with Crippen molar-refractivity contribution in [2.24, 2.45) is 5.73 Å². The van der Waals surface area contributed by atoms with Gasteiger partial charge in [-0.05, 0) is 29.8 Å². The molecule has 0 aliphatic rings. The van der Waals surface area contributed by atoms with Crippen molar-refractivity contribution < 1.29 is 18.8 Å². The molecule has 0 atom stereocenters. The van der Waals surface area contributed by atoms with Gasteiger partial charge in [-0.1, -0.05) is 29.4 Å². The molecule has 0 radical (unpaired) electrons. The Morgan fingerprint density at radius 2 is 1.75 bits per heavy atom. The maximum atomic E-state index is 11.0. The molecule has 3 rings (SSSR count). The molecule has 0 aliphatic heterocycles. The van der Waals surface area contributed by atoms with Crippen LogP contribution in [0, 0.1) is 0 Å². The van der Waals surface area contributed by atoms with Gasteiger partial charge in [-0.15, -0.1) is 0 Å². The van der Waals surface area contributed by atoms with Crippen LogP contribution < -0.4 is 15.2 Å². The zero-order valence-electron chi connectivity index (χ0n) is 13.1. The van der Waals surface area contributed by atoms with E-state index in [2.05, 4.69) is 5.16 Å². The maximum absolute atomic E-state index is 11.0. The van der Waals surface area contributed by atoms with Crippen LogP contribution in [0.4, 0.5) is 0 Å². The van der Waals surface area contributed by atoms with E-state index in [1.807, 2.05) is 48.5 Å². The lowest BCUT2D eigenvalue weighted by Gasteiger charge is -2.07. The minimum absolute atomic E-state index is 0.0388. The number of carbonyl (C=O) groups is 1. The van der Waals surface area contributed by atoms with Gasteiger partial charge < -0.3 is 19.7 Å². The number of ether oxygens (including phenoxy) is 2. The predicted octanol–water partition coefficient (Wildman–Crippen LogP) is 3.03. The summed E-state index contributed by atoms with van der Waals surface area (Å²) in [5, 5.41) is 3.83. The molecule has 3 aromatic rings. The molecule has 2 aromatic carbocycles. The van der Waals surface area contributed by atoms with Crippen molar-refractivity contribution in [3.05, 3.63) is 65.9 Å². The molecule has 0 aliphatic carbocycles. The van der Waals surface area contributed by atoms with E-state index in [0.29, 0.717) is 12.3 Å². The normalized spacial score (nSPS) is 10.4. The van der Waals surface area contributed by atoms with E-state index in [1.165, 1.54) is 6.07 Å². The molecule has 6 heteroatoms. The molecule has 6 nitrogen and oxygen atoms in total. The van der Waals surface area contributed by atoms with Gasteiger partial charge in [0.15, 0.2) is 0 Å². The van der Waals surface area contributed by atoms with Crippen molar-refractivity contribution in [2.75, 3.05) is 7.11 Å². The molecule has 0 saturated heterocycles. The fourth-order valence-corrected chi connectivity index (χ4v) is 2.14. The second-order valence-electron chi connectivity index (χ2n) is 5.10. The third-order valence-electron chi connectivity index (χ3n) is 3.47. The lowest BCUT2D eigenvalue weighted by atomic mass is 10.1. The third-order valence-corrected chi connectivity index (χ3v) is 3.47. The first-order valence-corrected chi connectivity index (χ1v) is 7.28. The first-order chi connectivity index (χ1) is 11.7. The molecule has 1 amide bonds. The van der Waals surface area contributed by atoms with Crippen LogP contribution in [0.5, 0.6) is 11.5 Å². The monoisotopic (exact) mass is 324 g/mol. The highest BCUT2D eigenvalue weighted by atomic mass is 16.5. The fourth-order valence-electron chi connectivity index (χ4n) is 2.14. The molecular formula is C18H16N2O4. The number of benzene rings is 2. The third kappa shape index (κ3) is 3.55. The Balaban J connectivity index is 1.64. The van der Waals surface area contributed by atoms with Gasteiger partial charge in [-0.25, -0.2) is 0 Å². The van der Waals surface area contributed by atoms with Crippen molar-refractivity contribution >= 4 is 5.91 Å². The number of methoxy groups -OCH3 is 1. The Bertz CT molecular complexity index is 823. The van der Waals surface area contributed by atoms with Crippen molar-refractivity contribution in [3.63, 3.8) is 0 Å². The van der Waals surface area contributed by atoms with Gasteiger partial charge >= 0.3 is 0 Å². The summed E-state index contributed by atoms with van der Waals surface area (Å²) in [6.07, 6.45) is 0. The van der Waals surface area contributed by atoms with E-state index in [1.54, 1.807) is 7.11 Å². The van der Waals surface area contributed by atoms with Gasteiger partial charge in [0, 0.05) is 11.6 Å². The number of nitrogens with two attached hydrogens (primary N) is 1. The number of amides is 1. The van der Waals surface area contributed by atoms with Crippen LogP contribution in [0.15, 0.2) is 59.1 Å². The Hall–Kier alpha value is -3.28. The van der Waals surface area contributed by atoms with Crippen LogP contribution in [0.2, 0.25) is 0 Å². The molecular weight excluding hydrogens is 308 g/mol. The van der Waals surface area contributed by atoms with Gasteiger partial charge in [0.2, 0.25) is 5.76 Å². The van der Waals surface area contributed by atoms with E-state index in [4.69, 9.17) is 19.7 Å². The van der Waals surface area contributed by atoms with Crippen LogP contribution >= 0.6 is 0 Å². The van der Waals surface area contributed by atoms with Crippen molar-refractivity contribution in [1.82, 2.24) is 5.16 Å². The second-order valence-corrected chi connectivity index (χ2v) is 5.10. The van der Waals surface area contributed by atoms with E-state index in [-0.39, 0.29) is 5.76 Å². The minimum atomic E-state index is -0.640. The fraction of sp³-hybridized carbons (Fsp3) is 0.111. The average molecular weight is 324 g/mol. The highest BCUT2D eigenvalue weighted by Gasteiger charge is 2.10. The van der Waals surface area contributed by atoms with Gasteiger partial charge in [-0.2, -0.15) is 0 Å². The largest absolute Gasteiger partial charge is 0.497 e. The molecule has 24 heavy (non-hydrogen) atoms. The number of primary amides is 1. The van der Waals surface area contributed by atoms with Gasteiger partial charge in [0.1, 0.15) is 23.8 Å². The SMILES string of the molecule is COc1ccc(OCc2ccc(-c3cc(C(N)=O)on3)cc2)cc1. The Morgan fingerprint density at radius 3 is 2.33 bits per heavy atom. The molecule has 0 spiro atoms. The number of hydrogen-bond acceptors (Lipinski definition) is 5. The summed E-state index contributed by atoms with van der Waals surface area (Å²) in [6, 6.07) is 16.5. The van der Waals surface area contributed by atoms with E-state index >= 15 is 0 Å². The number of rotatable bonds is 6. The average Bonchev–Trinajstić information content (AvgIpc) is 3.11. The van der Waals surface area contributed by atoms with Crippen molar-refractivity contribution in [3.8, 4) is 22.8 Å². The molecule has 0 saturated carbocycles. The highest BCUT2D eigenvalue weighted by molar-refractivity contribution is 5.90. The molecule has 0 bridgehead atoms. The Labute approximate surface area is 138 Å².